The summed E-state index contributed by atoms with van der Waals surface area (Å²) in [5.41, 5.74) is 1.95. The van der Waals surface area contributed by atoms with E-state index in [0.29, 0.717) is 28.6 Å². The van der Waals surface area contributed by atoms with Crippen molar-refractivity contribution in [2.45, 2.75) is 13.5 Å². The van der Waals surface area contributed by atoms with E-state index in [4.69, 9.17) is 14.2 Å². The van der Waals surface area contributed by atoms with Gasteiger partial charge in [0.15, 0.2) is 0 Å². The van der Waals surface area contributed by atoms with Crippen molar-refractivity contribution in [3.05, 3.63) is 71.4 Å². The summed E-state index contributed by atoms with van der Waals surface area (Å²) in [6.07, 6.45) is 1.39. The van der Waals surface area contributed by atoms with Crippen LogP contribution in [0.15, 0.2) is 48.7 Å². The number of carbonyl (C=O) groups excluding carboxylic acids is 1. The first-order valence-electron chi connectivity index (χ1n) is 10.1. The second-order valence-electron chi connectivity index (χ2n) is 6.98. The molecule has 0 bridgehead atoms. The number of nitrogens with zero attached hydrogens (tertiary/aromatic N) is 4. The zero-order valence-electron chi connectivity index (χ0n) is 18.5. The highest BCUT2D eigenvalue weighted by atomic mass is 32.1. The van der Waals surface area contributed by atoms with E-state index in [9.17, 15) is 9.18 Å². The first-order chi connectivity index (χ1) is 16.5. The number of anilines is 1. The van der Waals surface area contributed by atoms with Crippen molar-refractivity contribution in [3.63, 3.8) is 0 Å². The fraction of sp³-hybridized carbons (Fsp3) is 0.174. The van der Waals surface area contributed by atoms with Gasteiger partial charge in [-0.3, -0.25) is 15.1 Å². The first kappa shape index (κ1) is 23.1. The van der Waals surface area contributed by atoms with Gasteiger partial charge < -0.3 is 14.2 Å². The Morgan fingerprint density at radius 2 is 1.94 bits per heavy atom. The van der Waals surface area contributed by atoms with Crippen molar-refractivity contribution in [2.24, 2.45) is 0 Å². The van der Waals surface area contributed by atoms with E-state index < -0.39 is 11.7 Å². The lowest BCUT2D eigenvalue weighted by Crippen LogP contribution is -2.14. The zero-order valence-corrected chi connectivity index (χ0v) is 19.4. The summed E-state index contributed by atoms with van der Waals surface area (Å²) in [7, 11) is 2.97. The maximum atomic E-state index is 14.7. The van der Waals surface area contributed by atoms with Crippen molar-refractivity contribution < 1.29 is 23.4 Å². The quantitative estimate of drug-likeness (QED) is 0.397. The molecule has 1 aromatic carbocycles. The van der Waals surface area contributed by atoms with E-state index in [2.05, 4.69) is 25.5 Å². The Balaban J connectivity index is 1.53. The third-order valence-electron chi connectivity index (χ3n) is 4.71. The van der Waals surface area contributed by atoms with Gasteiger partial charge >= 0.3 is 0 Å². The average molecular weight is 482 g/mol. The number of amides is 1. The van der Waals surface area contributed by atoms with Gasteiger partial charge in [0, 0.05) is 23.5 Å². The summed E-state index contributed by atoms with van der Waals surface area (Å²) in [5.74, 6) is -0.264. The molecule has 3 heterocycles. The lowest BCUT2D eigenvalue weighted by molar-refractivity contribution is 0.102. The molecule has 1 N–H and O–H groups in total. The van der Waals surface area contributed by atoms with Crippen LogP contribution in [0, 0.1) is 12.7 Å². The molecule has 34 heavy (non-hydrogen) atoms. The molecule has 0 spiro atoms. The molecule has 1 amide bonds. The van der Waals surface area contributed by atoms with Gasteiger partial charge in [-0.05, 0) is 42.5 Å². The number of aryl methyl sites for hydroxylation is 1. The Morgan fingerprint density at radius 3 is 2.74 bits per heavy atom. The Bertz CT molecular complexity index is 1330. The molecule has 4 aromatic rings. The summed E-state index contributed by atoms with van der Waals surface area (Å²) in [5, 5.41) is 11.0. The van der Waals surface area contributed by atoms with Crippen molar-refractivity contribution in [2.75, 3.05) is 19.5 Å². The van der Waals surface area contributed by atoms with Crippen LogP contribution in [0.2, 0.25) is 0 Å². The molecule has 0 unspecified atom stereocenters. The molecule has 0 atom stereocenters. The van der Waals surface area contributed by atoms with Crippen LogP contribution >= 0.6 is 11.3 Å². The minimum absolute atomic E-state index is 0.152. The molecule has 0 fully saturated rings. The summed E-state index contributed by atoms with van der Waals surface area (Å²) in [6, 6.07) is 11.4. The molecule has 0 aliphatic rings. The van der Waals surface area contributed by atoms with E-state index in [1.165, 1.54) is 32.5 Å². The van der Waals surface area contributed by atoms with Crippen LogP contribution in [-0.2, 0) is 6.61 Å². The van der Waals surface area contributed by atoms with Gasteiger partial charge in [-0.2, -0.15) is 0 Å². The topological polar surface area (TPSA) is 108 Å². The maximum Gasteiger partial charge on any atom is 0.296 e. The molecule has 0 radical (unpaired) electrons. The summed E-state index contributed by atoms with van der Waals surface area (Å²) < 4.78 is 30.7. The summed E-state index contributed by atoms with van der Waals surface area (Å²) in [4.78, 5) is 21.5. The fourth-order valence-electron chi connectivity index (χ4n) is 3.15. The minimum Gasteiger partial charge on any atom is -0.496 e. The fourth-order valence-corrected chi connectivity index (χ4v) is 3.74. The zero-order chi connectivity index (χ0) is 24.1. The number of hydrogen-bond acceptors (Lipinski definition) is 9. The van der Waals surface area contributed by atoms with Crippen LogP contribution in [0.3, 0.4) is 0 Å². The molecule has 9 nitrogen and oxygen atoms in total. The van der Waals surface area contributed by atoms with Gasteiger partial charge in [-0.1, -0.05) is 17.2 Å². The van der Waals surface area contributed by atoms with Crippen molar-refractivity contribution in [1.82, 2.24) is 20.2 Å². The molecule has 0 aliphatic heterocycles. The van der Waals surface area contributed by atoms with Crippen LogP contribution in [0.4, 0.5) is 9.52 Å². The number of ether oxygens (including phenoxy) is 3. The van der Waals surface area contributed by atoms with Crippen LogP contribution < -0.4 is 19.5 Å². The second-order valence-corrected chi connectivity index (χ2v) is 7.92. The van der Waals surface area contributed by atoms with Crippen LogP contribution in [0.1, 0.15) is 21.7 Å². The molecular weight excluding hydrogens is 461 g/mol. The third kappa shape index (κ3) is 5.09. The lowest BCUT2D eigenvalue weighted by atomic mass is 9.98. The van der Waals surface area contributed by atoms with Gasteiger partial charge in [-0.25, -0.2) is 9.37 Å². The smallest absolute Gasteiger partial charge is 0.296 e. The predicted octanol–water partition coefficient (Wildman–Crippen LogP) is 4.29. The highest BCUT2D eigenvalue weighted by Crippen LogP contribution is 2.35. The van der Waals surface area contributed by atoms with Crippen molar-refractivity contribution in [1.29, 1.82) is 0 Å². The lowest BCUT2D eigenvalue weighted by Gasteiger charge is -2.14. The highest BCUT2D eigenvalue weighted by Gasteiger charge is 2.21. The second kappa shape index (κ2) is 10.2. The number of hydrogen-bond donors (Lipinski definition) is 1. The molecule has 4 rings (SSSR count). The van der Waals surface area contributed by atoms with Gasteiger partial charge in [0.1, 0.15) is 18.2 Å². The Hall–Kier alpha value is -4.12. The highest BCUT2D eigenvalue weighted by molar-refractivity contribution is 7.17. The summed E-state index contributed by atoms with van der Waals surface area (Å²) in [6.45, 7) is 1.91. The number of carbonyl (C=O) groups is 1. The molecule has 11 heteroatoms. The number of nitrogens with one attached hydrogen (secondary N) is 1. The van der Waals surface area contributed by atoms with Crippen LogP contribution in [0.25, 0.3) is 11.1 Å². The molecule has 0 saturated heterocycles. The van der Waals surface area contributed by atoms with Gasteiger partial charge in [0.25, 0.3) is 11.1 Å². The van der Waals surface area contributed by atoms with E-state index in [0.717, 1.165) is 11.3 Å². The first-order valence-corrected chi connectivity index (χ1v) is 10.9. The van der Waals surface area contributed by atoms with Gasteiger partial charge in [0.05, 0.1) is 31.0 Å². The SMILES string of the molecule is COc1cccc(COc2nnc(NC(=O)c3cnc(C)cc3-c3c(F)cccc3OC)s2)n1. The number of rotatable bonds is 8. The Kier molecular flexibility index (Phi) is 6.93. The number of pyridine rings is 2. The van der Waals surface area contributed by atoms with Crippen LogP contribution in [0.5, 0.6) is 16.8 Å². The van der Waals surface area contributed by atoms with Crippen molar-refractivity contribution in [3.8, 4) is 28.0 Å². The van der Waals surface area contributed by atoms with E-state index in [1.807, 2.05) is 0 Å². The van der Waals surface area contributed by atoms with E-state index in [-0.39, 0.29) is 28.1 Å². The van der Waals surface area contributed by atoms with Gasteiger partial charge in [-0.15, -0.1) is 5.10 Å². The summed E-state index contributed by atoms with van der Waals surface area (Å²) >= 11 is 1.05. The third-order valence-corrected chi connectivity index (χ3v) is 5.46. The number of benzene rings is 1. The van der Waals surface area contributed by atoms with E-state index in [1.54, 1.807) is 37.3 Å². The monoisotopic (exact) mass is 481 g/mol. The normalized spacial score (nSPS) is 10.6. The Morgan fingerprint density at radius 1 is 1.12 bits per heavy atom. The molecule has 0 aliphatic carbocycles. The molecular formula is C23H20FN5O4S. The maximum absolute atomic E-state index is 14.7. The molecule has 0 saturated carbocycles. The van der Waals surface area contributed by atoms with Gasteiger partial charge in [0.2, 0.25) is 11.0 Å². The average Bonchev–Trinajstić information content (AvgIpc) is 3.29. The molecule has 174 valence electrons. The number of methoxy groups -OCH3 is 2. The Labute approximate surface area is 198 Å². The van der Waals surface area contributed by atoms with Crippen LogP contribution in [-0.4, -0.2) is 40.3 Å². The largest absolute Gasteiger partial charge is 0.496 e. The standard InChI is InChI=1S/C23H20FN5O4S/c1-13-10-15(20-17(24)7-5-8-18(20)31-2)16(11-25-13)21(30)27-22-28-29-23(34-22)33-12-14-6-4-9-19(26-14)32-3/h4-11H,12H2,1-3H3,(H,27,28,30). The van der Waals surface area contributed by atoms with E-state index >= 15 is 0 Å². The minimum atomic E-state index is -0.523. The number of halogens is 1. The van der Waals surface area contributed by atoms with Crippen molar-refractivity contribution >= 4 is 22.4 Å². The molecule has 3 aromatic heterocycles. The number of aromatic nitrogens is 4. The predicted molar refractivity (Wildman–Crippen MR) is 124 cm³/mol.